The van der Waals surface area contributed by atoms with E-state index in [4.69, 9.17) is 4.74 Å². The second-order valence-electron chi connectivity index (χ2n) is 7.47. The van der Waals surface area contributed by atoms with Crippen LogP contribution in [0.4, 0.5) is 0 Å². The average Bonchev–Trinajstić information content (AvgIpc) is 3.26. The number of ether oxygens (including phenoxy) is 1. The molecule has 0 spiro atoms. The van der Waals surface area contributed by atoms with Gasteiger partial charge in [0.05, 0.1) is 18.9 Å². The summed E-state index contributed by atoms with van der Waals surface area (Å²) in [6.07, 6.45) is 1.04. The first kappa shape index (κ1) is 22.3. The highest BCUT2D eigenvalue weighted by Crippen LogP contribution is 2.26. The summed E-state index contributed by atoms with van der Waals surface area (Å²) in [5.74, 6) is 1.25. The number of hydrogen-bond donors (Lipinski definition) is 0. The van der Waals surface area contributed by atoms with Crippen molar-refractivity contribution in [1.82, 2.24) is 19.3 Å². The summed E-state index contributed by atoms with van der Waals surface area (Å²) >= 11 is 1.43. The molecule has 0 aliphatic rings. The smallest absolute Gasteiger partial charge is 0.192 e. The molecule has 0 aliphatic carbocycles. The van der Waals surface area contributed by atoms with E-state index in [1.807, 2.05) is 29.7 Å². The molecule has 2 aromatic heterocycles. The number of carbonyl (C=O) groups is 1. The Kier molecular flexibility index (Phi) is 7.50. The van der Waals surface area contributed by atoms with E-state index < -0.39 is 0 Å². The van der Waals surface area contributed by atoms with Crippen LogP contribution >= 0.6 is 11.8 Å². The van der Waals surface area contributed by atoms with Gasteiger partial charge in [-0.3, -0.25) is 9.36 Å². The van der Waals surface area contributed by atoms with Crippen LogP contribution in [0.5, 0.6) is 0 Å². The Labute approximate surface area is 182 Å². The number of aryl methyl sites for hydroxylation is 2. The van der Waals surface area contributed by atoms with E-state index >= 15 is 0 Å². The lowest BCUT2D eigenvalue weighted by atomic mass is 10.1. The Morgan fingerprint density at radius 1 is 1.10 bits per heavy atom. The zero-order valence-electron chi connectivity index (χ0n) is 18.4. The van der Waals surface area contributed by atoms with Gasteiger partial charge in [-0.1, -0.05) is 42.4 Å². The molecule has 0 saturated carbocycles. The number of ketones is 1. The summed E-state index contributed by atoms with van der Waals surface area (Å²) in [5.41, 5.74) is 5.16. The lowest BCUT2D eigenvalue weighted by Gasteiger charge is -2.10. The van der Waals surface area contributed by atoms with Gasteiger partial charge in [0.15, 0.2) is 16.8 Å². The molecule has 0 N–H and O–H groups in total. The van der Waals surface area contributed by atoms with Crippen LogP contribution in [0.3, 0.4) is 0 Å². The van der Waals surface area contributed by atoms with Crippen LogP contribution in [0.15, 0.2) is 35.5 Å². The first-order valence-corrected chi connectivity index (χ1v) is 11.3. The minimum Gasteiger partial charge on any atom is -0.383 e. The zero-order valence-corrected chi connectivity index (χ0v) is 19.3. The second-order valence-corrected chi connectivity index (χ2v) is 8.41. The molecule has 0 bridgehead atoms. The molecule has 0 unspecified atom stereocenters. The molecule has 0 amide bonds. The van der Waals surface area contributed by atoms with E-state index in [1.54, 1.807) is 7.11 Å². The number of carbonyl (C=O) groups excluding carboxylic acids is 1. The van der Waals surface area contributed by atoms with Crippen LogP contribution in [0.1, 0.15) is 40.7 Å². The molecule has 0 fully saturated rings. The molecule has 0 radical (unpaired) electrons. The molecule has 3 aromatic rings. The van der Waals surface area contributed by atoms with Crippen LogP contribution < -0.4 is 0 Å². The zero-order chi connectivity index (χ0) is 21.7. The highest BCUT2D eigenvalue weighted by Gasteiger charge is 2.19. The molecule has 1 aromatic carbocycles. The molecule has 0 aliphatic heterocycles. The molecular weight excluding hydrogens is 396 g/mol. The summed E-state index contributed by atoms with van der Waals surface area (Å²) in [6.45, 7) is 10.4. The Morgan fingerprint density at radius 2 is 1.90 bits per heavy atom. The van der Waals surface area contributed by atoms with Crippen molar-refractivity contribution in [2.24, 2.45) is 0 Å². The van der Waals surface area contributed by atoms with E-state index in [0.717, 1.165) is 46.5 Å². The maximum Gasteiger partial charge on any atom is 0.192 e. The van der Waals surface area contributed by atoms with E-state index in [0.29, 0.717) is 18.9 Å². The van der Waals surface area contributed by atoms with Crippen molar-refractivity contribution in [2.75, 3.05) is 19.5 Å². The van der Waals surface area contributed by atoms with Gasteiger partial charge in [-0.05, 0) is 39.3 Å². The van der Waals surface area contributed by atoms with Gasteiger partial charge < -0.3 is 9.30 Å². The number of rotatable bonds is 10. The summed E-state index contributed by atoms with van der Waals surface area (Å²) < 4.78 is 9.53. The van der Waals surface area contributed by atoms with Gasteiger partial charge in [-0.25, -0.2) is 0 Å². The van der Waals surface area contributed by atoms with Crippen molar-refractivity contribution in [1.29, 1.82) is 0 Å². The number of thioether (sulfide) groups is 1. The third kappa shape index (κ3) is 4.84. The summed E-state index contributed by atoms with van der Waals surface area (Å²) in [4.78, 5) is 12.9. The molecule has 2 heterocycles. The van der Waals surface area contributed by atoms with Crippen molar-refractivity contribution in [2.45, 2.75) is 52.4 Å². The predicted octanol–water partition coefficient (Wildman–Crippen LogP) is 4.70. The molecule has 0 saturated heterocycles. The van der Waals surface area contributed by atoms with Gasteiger partial charge in [0.25, 0.3) is 0 Å². The van der Waals surface area contributed by atoms with Gasteiger partial charge in [0, 0.05) is 36.2 Å². The molecule has 160 valence electrons. The number of benzene rings is 1. The molecule has 6 nitrogen and oxygen atoms in total. The maximum absolute atomic E-state index is 12.9. The molecule has 0 atom stereocenters. The van der Waals surface area contributed by atoms with Crippen LogP contribution in [0.25, 0.3) is 11.4 Å². The number of aromatic nitrogens is 4. The van der Waals surface area contributed by atoms with Gasteiger partial charge in [0.1, 0.15) is 0 Å². The molecule has 3 rings (SSSR count). The van der Waals surface area contributed by atoms with Crippen LogP contribution in [0, 0.1) is 20.8 Å². The fraction of sp³-hybridized carbons (Fsp3) is 0.435. The van der Waals surface area contributed by atoms with E-state index in [2.05, 4.69) is 47.7 Å². The van der Waals surface area contributed by atoms with Crippen molar-refractivity contribution in [3.8, 4) is 11.4 Å². The number of nitrogens with zero attached hydrogens (tertiary/aromatic N) is 4. The average molecular weight is 427 g/mol. The lowest BCUT2D eigenvalue weighted by Crippen LogP contribution is -2.10. The highest BCUT2D eigenvalue weighted by molar-refractivity contribution is 7.99. The molecule has 30 heavy (non-hydrogen) atoms. The predicted molar refractivity (Wildman–Crippen MR) is 121 cm³/mol. The lowest BCUT2D eigenvalue weighted by molar-refractivity contribution is 0.102. The number of hydrogen-bond acceptors (Lipinski definition) is 5. The van der Waals surface area contributed by atoms with Crippen LogP contribution in [0.2, 0.25) is 0 Å². The Balaban J connectivity index is 1.81. The van der Waals surface area contributed by atoms with E-state index in [9.17, 15) is 4.79 Å². The maximum atomic E-state index is 12.9. The number of methoxy groups -OCH3 is 1. The standard InChI is InChI=1S/C23H30N4O2S/c1-6-10-26-17(3)14-20(18(26)4)21(28)15-30-23-25-24-22(27(23)11-12-29-5)19-9-7-8-16(2)13-19/h7-9,13-14H,6,10-12,15H2,1-5H3. The largest absolute Gasteiger partial charge is 0.383 e. The van der Waals surface area contributed by atoms with Gasteiger partial charge in [0.2, 0.25) is 0 Å². The monoisotopic (exact) mass is 426 g/mol. The number of Topliss-reactive ketones (excluding diaryl/α,β-unsaturated/α-hetero) is 1. The van der Waals surface area contributed by atoms with Crippen molar-refractivity contribution >= 4 is 17.5 Å². The van der Waals surface area contributed by atoms with Gasteiger partial charge >= 0.3 is 0 Å². The Bertz CT molecular complexity index is 1020. The van der Waals surface area contributed by atoms with Crippen molar-refractivity contribution < 1.29 is 9.53 Å². The van der Waals surface area contributed by atoms with Crippen molar-refractivity contribution in [3.63, 3.8) is 0 Å². The van der Waals surface area contributed by atoms with Gasteiger partial charge in [-0.15, -0.1) is 10.2 Å². The highest BCUT2D eigenvalue weighted by atomic mass is 32.2. The summed E-state index contributed by atoms with van der Waals surface area (Å²) in [7, 11) is 1.68. The molecular formula is C23H30N4O2S. The SMILES string of the molecule is CCCn1c(C)cc(C(=O)CSc2nnc(-c3cccc(C)c3)n2CCOC)c1C. The minimum atomic E-state index is 0.119. The quantitative estimate of drug-likeness (QED) is 0.347. The normalized spacial score (nSPS) is 11.2. The van der Waals surface area contributed by atoms with Crippen molar-refractivity contribution in [3.05, 3.63) is 52.8 Å². The summed E-state index contributed by atoms with van der Waals surface area (Å²) in [6, 6.07) is 10.2. The van der Waals surface area contributed by atoms with E-state index in [-0.39, 0.29) is 5.78 Å². The molecule has 7 heteroatoms. The van der Waals surface area contributed by atoms with Gasteiger partial charge in [-0.2, -0.15) is 0 Å². The summed E-state index contributed by atoms with van der Waals surface area (Å²) in [5, 5.41) is 9.53. The fourth-order valence-corrected chi connectivity index (χ4v) is 4.48. The third-order valence-electron chi connectivity index (χ3n) is 5.17. The first-order chi connectivity index (χ1) is 14.5. The second kappa shape index (κ2) is 10.1. The van der Waals surface area contributed by atoms with Crippen LogP contribution in [-0.4, -0.2) is 44.6 Å². The minimum absolute atomic E-state index is 0.119. The fourth-order valence-electron chi connectivity index (χ4n) is 3.64. The topological polar surface area (TPSA) is 61.9 Å². The third-order valence-corrected chi connectivity index (χ3v) is 6.13. The van der Waals surface area contributed by atoms with E-state index in [1.165, 1.54) is 17.3 Å². The Hall–Kier alpha value is -2.38. The van der Waals surface area contributed by atoms with Crippen LogP contribution in [-0.2, 0) is 17.8 Å². The Morgan fingerprint density at radius 3 is 2.60 bits per heavy atom. The first-order valence-electron chi connectivity index (χ1n) is 10.3.